The quantitative estimate of drug-likeness (QED) is 0.444. The Kier molecular flexibility index (Phi) is 7.04. The standard InChI is InChI=1S/C23H24N4O2S/c1-3-27(15-24)22(28)20(13-18-14-30-21-12-8-7-11-19(18)21)26-23(29)25-16(2)17-9-5-4-6-10-17/h4-12,14,16,20H,3,13H2,1-2H3,(H2,25,26,29)/t16-,20?/m0/s1. The normalized spacial score (nSPS) is 12.6. The summed E-state index contributed by atoms with van der Waals surface area (Å²) in [5.41, 5.74) is 1.94. The van der Waals surface area contributed by atoms with E-state index in [-0.39, 0.29) is 12.6 Å². The first-order valence-corrected chi connectivity index (χ1v) is 10.7. The van der Waals surface area contributed by atoms with Gasteiger partial charge < -0.3 is 10.6 Å². The highest BCUT2D eigenvalue weighted by Gasteiger charge is 2.27. The molecule has 0 aliphatic heterocycles. The molecule has 0 aliphatic carbocycles. The van der Waals surface area contributed by atoms with Crippen LogP contribution in [0.5, 0.6) is 0 Å². The van der Waals surface area contributed by atoms with Gasteiger partial charge in [0, 0.05) is 17.7 Å². The molecule has 6 nitrogen and oxygen atoms in total. The van der Waals surface area contributed by atoms with Crippen LogP contribution < -0.4 is 10.6 Å². The minimum atomic E-state index is -0.842. The Hall–Kier alpha value is -3.37. The van der Waals surface area contributed by atoms with Crippen LogP contribution in [0.15, 0.2) is 60.0 Å². The first-order chi connectivity index (χ1) is 14.5. The zero-order chi connectivity index (χ0) is 21.5. The fourth-order valence-electron chi connectivity index (χ4n) is 3.30. The number of hydrogen-bond acceptors (Lipinski definition) is 4. The molecule has 0 radical (unpaired) electrons. The second-order valence-corrected chi connectivity index (χ2v) is 7.86. The van der Waals surface area contributed by atoms with Crippen LogP contribution in [0.4, 0.5) is 4.79 Å². The van der Waals surface area contributed by atoms with Crippen LogP contribution >= 0.6 is 11.3 Å². The molecule has 0 bridgehead atoms. The average molecular weight is 421 g/mol. The van der Waals surface area contributed by atoms with Crippen LogP contribution in [0.1, 0.15) is 31.0 Å². The topological polar surface area (TPSA) is 85.2 Å². The maximum atomic E-state index is 12.9. The molecule has 0 fully saturated rings. The first-order valence-electron chi connectivity index (χ1n) is 9.81. The molecule has 1 unspecified atom stereocenters. The van der Waals surface area contributed by atoms with Gasteiger partial charge in [0.25, 0.3) is 5.91 Å². The van der Waals surface area contributed by atoms with E-state index >= 15 is 0 Å². The van der Waals surface area contributed by atoms with Gasteiger partial charge in [-0.25, -0.2) is 9.69 Å². The lowest BCUT2D eigenvalue weighted by Gasteiger charge is -2.23. The van der Waals surface area contributed by atoms with Crippen molar-refractivity contribution in [2.45, 2.75) is 32.4 Å². The molecule has 0 saturated heterocycles. The summed E-state index contributed by atoms with van der Waals surface area (Å²) in [7, 11) is 0. The van der Waals surface area contributed by atoms with Crippen LogP contribution in [0.25, 0.3) is 10.1 Å². The number of amides is 3. The summed E-state index contributed by atoms with van der Waals surface area (Å²) in [5, 5.41) is 18.0. The van der Waals surface area contributed by atoms with Crippen LogP contribution in [0, 0.1) is 11.5 Å². The third-order valence-corrected chi connectivity index (χ3v) is 5.95. The van der Waals surface area contributed by atoms with E-state index in [0.717, 1.165) is 26.1 Å². The number of carbonyl (C=O) groups excluding carboxylic acids is 2. The largest absolute Gasteiger partial charge is 0.332 e. The number of likely N-dealkylation sites (N-methyl/N-ethyl adjacent to an activating group) is 1. The van der Waals surface area contributed by atoms with Gasteiger partial charge in [0.1, 0.15) is 6.04 Å². The van der Waals surface area contributed by atoms with Gasteiger partial charge in [0.15, 0.2) is 6.19 Å². The summed E-state index contributed by atoms with van der Waals surface area (Å²) in [6, 6.07) is 16.0. The minimum absolute atomic E-state index is 0.220. The van der Waals surface area contributed by atoms with Crippen LogP contribution in [0.3, 0.4) is 0 Å². The summed E-state index contributed by atoms with van der Waals surface area (Å²) >= 11 is 1.60. The number of thiophene rings is 1. The fraction of sp³-hybridized carbons (Fsp3) is 0.261. The Morgan fingerprint density at radius 3 is 2.50 bits per heavy atom. The maximum Gasteiger partial charge on any atom is 0.315 e. The zero-order valence-corrected chi connectivity index (χ0v) is 17.8. The molecule has 0 spiro atoms. The molecular formula is C23H24N4O2S. The summed E-state index contributed by atoms with van der Waals surface area (Å²) in [5.74, 6) is -0.419. The number of nitrogens with one attached hydrogen (secondary N) is 2. The molecule has 2 atom stereocenters. The van der Waals surface area contributed by atoms with E-state index in [1.54, 1.807) is 18.3 Å². The van der Waals surface area contributed by atoms with Gasteiger partial charge in [-0.1, -0.05) is 48.5 Å². The number of nitrogens with zero attached hydrogens (tertiary/aromatic N) is 2. The number of carbonyl (C=O) groups is 2. The molecule has 2 aromatic carbocycles. The number of rotatable bonds is 7. The lowest BCUT2D eigenvalue weighted by molar-refractivity contribution is -0.129. The molecule has 3 amide bonds. The highest BCUT2D eigenvalue weighted by molar-refractivity contribution is 7.17. The number of hydrogen-bond donors (Lipinski definition) is 2. The molecule has 1 heterocycles. The Morgan fingerprint density at radius 2 is 1.80 bits per heavy atom. The van der Waals surface area contributed by atoms with E-state index in [2.05, 4.69) is 10.6 Å². The number of nitriles is 1. The van der Waals surface area contributed by atoms with Crippen molar-refractivity contribution in [3.8, 4) is 6.19 Å². The van der Waals surface area contributed by atoms with Crippen molar-refractivity contribution in [3.05, 3.63) is 71.1 Å². The fourth-order valence-corrected chi connectivity index (χ4v) is 4.27. The van der Waals surface area contributed by atoms with E-state index in [0.29, 0.717) is 6.42 Å². The Morgan fingerprint density at radius 1 is 1.10 bits per heavy atom. The van der Waals surface area contributed by atoms with E-state index in [1.807, 2.05) is 73.1 Å². The van der Waals surface area contributed by atoms with Gasteiger partial charge >= 0.3 is 6.03 Å². The first kappa shape index (κ1) is 21.3. The molecule has 3 aromatic rings. The van der Waals surface area contributed by atoms with Crippen molar-refractivity contribution in [1.82, 2.24) is 15.5 Å². The third-order valence-electron chi connectivity index (χ3n) is 4.94. The predicted octanol–water partition coefficient (Wildman–Crippen LogP) is 4.20. The van der Waals surface area contributed by atoms with Gasteiger partial charge in [0.05, 0.1) is 6.04 Å². The van der Waals surface area contributed by atoms with Crippen molar-refractivity contribution in [2.24, 2.45) is 0 Å². The molecule has 154 valence electrons. The summed E-state index contributed by atoms with van der Waals surface area (Å²) in [4.78, 5) is 26.7. The van der Waals surface area contributed by atoms with Crippen molar-refractivity contribution in [2.75, 3.05) is 6.54 Å². The van der Waals surface area contributed by atoms with Gasteiger partial charge in [-0.3, -0.25) is 4.79 Å². The summed E-state index contributed by atoms with van der Waals surface area (Å²) < 4.78 is 1.12. The van der Waals surface area contributed by atoms with Crippen LogP contribution in [-0.2, 0) is 11.2 Å². The summed E-state index contributed by atoms with van der Waals surface area (Å²) in [6.07, 6.45) is 2.22. The number of benzene rings is 2. The maximum absolute atomic E-state index is 12.9. The SMILES string of the molecule is CCN(C#N)C(=O)C(Cc1csc2ccccc12)NC(=O)N[C@@H](C)c1ccccc1. The number of fused-ring (bicyclic) bond motifs is 1. The average Bonchev–Trinajstić information content (AvgIpc) is 3.17. The van der Waals surface area contributed by atoms with E-state index in [9.17, 15) is 14.9 Å². The molecule has 7 heteroatoms. The molecule has 0 saturated carbocycles. The van der Waals surface area contributed by atoms with Crippen molar-refractivity contribution in [1.29, 1.82) is 5.26 Å². The third kappa shape index (κ3) is 4.97. The predicted molar refractivity (Wildman–Crippen MR) is 119 cm³/mol. The molecule has 30 heavy (non-hydrogen) atoms. The molecule has 0 aliphatic rings. The zero-order valence-electron chi connectivity index (χ0n) is 17.0. The number of urea groups is 1. The van der Waals surface area contributed by atoms with Gasteiger partial charge in [-0.05, 0) is 41.8 Å². The Balaban J connectivity index is 1.78. The van der Waals surface area contributed by atoms with Gasteiger partial charge in [0.2, 0.25) is 0 Å². The van der Waals surface area contributed by atoms with Crippen LogP contribution in [-0.4, -0.2) is 29.4 Å². The Labute approximate surface area is 180 Å². The van der Waals surface area contributed by atoms with E-state index in [4.69, 9.17) is 0 Å². The smallest absolute Gasteiger partial charge is 0.315 e. The van der Waals surface area contributed by atoms with Gasteiger partial charge in [-0.2, -0.15) is 5.26 Å². The highest BCUT2D eigenvalue weighted by Crippen LogP contribution is 2.26. The lowest BCUT2D eigenvalue weighted by atomic mass is 10.0. The van der Waals surface area contributed by atoms with Crippen molar-refractivity contribution < 1.29 is 9.59 Å². The highest BCUT2D eigenvalue weighted by atomic mass is 32.1. The van der Waals surface area contributed by atoms with Gasteiger partial charge in [-0.15, -0.1) is 11.3 Å². The van der Waals surface area contributed by atoms with Crippen molar-refractivity contribution >= 4 is 33.4 Å². The molecule has 2 N–H and O–H groups in total. The monoisotopic (exact) mass is 420 g/mol. The minimum Gasteiger partial charge on any atom is -0.332 e. The van der Waals surface area contributed by atoms with E-state index < -0.39 is 18.0 Å². The van der Waals surface area contributed by atoms with E-state index in [1.165, 1.54) is 0 Å². The Bertz CT molecular complexity index is 1060. The molecular weight excluding hydrogens is 396 g/mol. The lowest BCUT2D eigenvalue weighted by Crippen LogP contribution is -2.51. The molecule has 3 rings (SSSR count). The van der Waals surface area contributed by atoms with Crippen molar-refractivity contribution in [3.63, 3.8) is 0 Å². The van der Waals surface area contributed by atoms with Crippen LogP contribution in [0.2, 0.25) is 0 Å². The second kappa shape index (κ2) is 9.90. The molecule has 1 aromatic heterocycles. The second-order valence-electron chi connectivity index (χ2n) is 6.95. The summed E-state index contributed by atoms with van der Waals surface area (Å²) in [6.45, 7) is 3.86.